The van der Waals surface area contributed by atoms with Gasteiger partial charge < -0.3 is 10.6 Å². The van der Waals surface area contributed by atoms with E-state index >= 15 is 0 Å². The molecule has 0 spiro atoms. The second-order valence-electron chi connectivity index (χ2n) is 7.19. The molecule has 6 nitrogen and oxygen atoms in total. The van der Waals surface area contributed by atoms with Crippen molar-refractivity contribution in [2.24, 2.45) is 5.92 Å². The number of sulfonamides is 1. The molecule has 0 radical (unpaired) electrons. The lowest BCUT2D eigenvalue weighted by Crippen LogP contribution is -2.34. The van der Waals surface area contributed by atoms with Gasteiger partial charge in [-0.25, -0.2) is 8.42 Å². The Labute approximate surface area is 177 Å². The lowest BCUT2D eigenvalue weighted by Gasteiger charge is -2.19. The summed E-state index contributed by atoms with van der Waals surface area (Å²) in [6, 6.07) is 15.2. The van der Waals surface area contributed by atoms with Gasteiger partial charge in [0.25, 0.3) is 10.0 Å². The summed E-state index contributed by atoms with van der Waals surface area (Å²) in [5.74, 6) is 0.363. The van der Waals surface area contributed by atoms with E-state index < -0.39 is 10.0 Å². The number of anilines is 2. The maximum Gasteiger partial charge on any atom is 0.264 e. The van der Waals surface area contributed by atoms with E-state index in [2.05, 4.69) is 10.6 Å². The molecule has 1 fully saturated rings. The topological polar surface area (TPSA) is 78.5 Å². The molecule has 8 heteroatoms. The van der Waals surface area contributed by atoms with Crippen LogP contribution >= 0.6 is 12.2 Å². The van der Waals surface area contributed by atoms with Crippen molar-refractivity contribution in [1.82, 2.24) is 5.32 Å². The number of carbonyl (C=O) groups excluding carboxylic acids is 1. The van der Waals surface area contributed by atoms with Gasteiger partial charge in [-0.1, -0.05) is 31.0 Å². The maximum atomic E-state index is 12.8. The van der Waals surface area contributed by atoms with Crippen molar-refractivity contribution >= 4 is 44.6 Å². The number of benzene rings is 2. The Kier molecular flexibility index (Phi) is 6.87. The van der Waals surface area contributed by atoms with Crippen LogP contribution in [0.3, 0.4) is 0 Å². The molecule has 0 heterocycles. The smallest absolute Gasteiger partial charge is 0.264 e. The molecule has 1 aliphatic rings. The Hall–Kier alpha value is -2.45. The Morgan fingerprint density at radius 2 is 1.69 bits per heavy atom. The van der Waals surface area contributed by atoms with E-state index in [9.17, 15) is 13.2 Å². The third-order valence-electron chi connectivity index (χ3n) is 5.09. The second kappa shape index (κ2) is 9.37. The number of thiocarbonyl (C=S) groups is 1. The summed E-state index contributed by atoms with van der Waals surface area (Å²) in [6.45, 7) is 0. The van der Waals surface area contributed by atoms with Crippen molar-refractivity contribution in [3.8, 4) is 0 Å². The fourth-order valence-electron chi connectivity index (χ4n) is 3.46. The van der Waals surface area contributed by atoms with Crippen molar-refractivity contribution in [1.29, 1.82) is 0 Å². The van der Waals surface area contributed by atoms with Gasteiger partial charge in [0.2, 0.25) is 5.91 Å². The van der Waals surface area contributed by atoms with Crippen molar-refractivity contribution in [2.45, 2.75) is 37.0 Å². The molecule has 2 aromatic rings. The Balaban J connectivity index is 1.59. The van der Waals surface area contributed by atoms with E-state index in [1.807, 2.05) is 6.07 Å². The maximum absolute atomic E-state index is 12.8. The van der Waals surface area contributed by atoms with Crippen LogP contribution in [0.2, 0.25) is 0 Å². The number of nitrogens with zero attached hydrogens (tertiary/aromatic N) is 1. The first-order chi connectivity index (χ1) is 13.9. The van der Waals surface area contributed by atoms with Crippen LogP contribution in [0, 0.1) is 5.92 Å². The van der Waals surface area contributed by atoms with Crippen LogP contribution in [0.4, 0.5) is 11.4 Å². The highest BCUT2D eigenvalue weighted by Crippen LogP contribution is 2.27. The van der Waals surface area contributed by atoms with E-state index in [0.29, 0.717) is 23.7 Å². The first kappa shape index (κ1) is 21.3. The molecule has 2 aromatic carbocycles. The predicted octanol–water partition coefficient (Wildman–Crippen LogP) is 3.91. The Bertz CT molecular complexity index is 954. The van der Waals surface area contributed by atoms with Crippen LogP contribution in [-0.2, 0) is 14.8 Å². The minimum absolute atomic E-state index is 0.0851. The molecule has 1 saturated carbocycles. The molecule has 1 amide bonds. The quantitative estimate of drug-likeness (QED) is 0.678. The Morgan fingerprint density at radius 3 is 2.31 bits per heavy atom. The lowest BCUT2D eigenvalue weighted by molar-refractivity contribution is -0.120. The average molecular weight is 432 g/mol. The van der Waals surface area contributed by atoms with Crippen LogP contribution in [0.25, 0.3) is 0 Å². The largest absolute Gasteiger partial charge is 0.332 e. The molecule has 1 aliphatic carbocycles. The average Bonchev–Trinajstić information content (AvgIpc) is 3.21. The van der Waals surface area contributed by atoms with Crippen LogP contribution in [0.1, 0.15) is 32.1 Å². The standard InChI is InChI=1S/C21H25N3O3S2/c1-24(18-9-3-2-4-10-18)29(26,27)19-13-11-17(12-14-19)22-21(28)23-20(25)15-16-7-5-6-8-16/h2-4,9-14,16H,5-8,15H2,1H3,(H2,22,23,25,28). The van der Waals surface area contributed by atoms with Crippen LogP contribution in [-0.4, -0.2) is 26.5 Å². The summed E-state index contributed by atoms with van der Waals surface area (Å²) >= 11 is 5.20. The number of nitrogens with one attached hydrogen (secondary N) is 2. The van der Waals surface area contributed by atoms with Gasteiger partial charge in [-0.05, 0) is 67.4 Å². The van der Waals surface area contributed by atoms with Crippen molar-refractivity contribution in [2.75, 3.05) is 16.7 Å². The van der Waals surface area contributed by atoms with E-state index in [0.717, 1.165) is 12.8 Å². The molecule has 0 aliphatic heterocycles. The molecule has 0 unspecified atom stereocenters. The monoisotopic (exact) mass is 431 g/mol. The zero-order chi connectivity index (χ0) is 20.9. The minimum atomic E-state index is -3.67. The highest BCUT2D eigenvalue weighted by molar-refractivity contribution is 7.92. The minimum Gasteiger partial charge on any atom is -0.332 e. The van der Waals surface area contributed by atoms with Crippen molar-refractivity contribution in [3.63, 3.8) is 0 Å². The molecule has 0 atom stereocenters. The fraction of sp³-hybridized carbons (Fsp3) is 0.333. The molecular weight excluding hydrogens is 406 g/mol. The summed E-state index contributed by atoms with van der Waals surface area (Å²) in [5.41, 5.74) is 1.19. The fourth-order valence-corrected chi connectivity index (χ4v) is 4.89. The summed E-state index contributed by atoms with van der Waals surface area (Å²) < 4.78 is 26.8. The number of hydrogen-bond acceptors (Lipinski definition) is 4. The van der Waals surface area contributed by atoms with E-state index in [1.54, 1.807) is 36.4 Å². The van der Waals surface area contributed by atoms with Gasteiger partial charge in [0.1, 0.15) is 0 Å². The van der Waals surface area contributed by atoms with Gasteiger partial charge in [0, 0.05) is 19.2 Å². The molecule has 0 bridgehead atoms. The molecule has 0 aromatic heterocycles. The highest BCUT2D eigenvalue weighted by Gasteiger charge is 2.21. The van der Waals surface area contributed by atoms with Gasteiger partial charge >= 0.3 is 0 Å². The number of hydrogen-bond donors (Lipinski definition) is 2. The lowest BCUT2D eigenvalue weighted by atomic mass is 10.0. The van der Waals surface area contributed by atoms with Crippen molar-refractivity contribution < 1.29 is 13.2 Å². The molecule has 2 N–H and O–H groups in total. The predicted molar refractivity (Wildman–Crippen MR) is 119 cm³/mol. The van der Waals surface area contributed by atoms with E-state index in [4.69, 9.17) is 12.2 Å². The van der Waals surface area contributed by atoms with E-state index in [-0.39, 0.29) is 15.9 Å². The number of rotatable bonds is 6. The van der Waals surface area contributed by atoms with Gasteiger partial charge in [0.05, 0.1) is 10.6 Å². The normalized spacial score (nSPS) is 14.4. The van der Waals surface area contributed by atoms with Gasteiger partial charge in [-0.15, -0.1) is 0 Å². The van der Waals surface area contributed by atoms with Gasteiger partial charge in [-0.3, -0.25) is 9.10 Å². The second-order valence-corrected chi connectivity index (χ2v) is 9.57. The number of amides is 1. The molecule has 3 rings (SSSR count). The molecule has 154 valence electrons. The Morgan fingerprint density at radius 1 is 1.07 bits per heavy atom. The van der Waals surface area contributed by atoms with Crippen LogP contribution < -0.4 is 14.9 Å². The van der Waals surface area contributed by atoms with Crippen molar-refractivity contribution in [3.05, 3.63) is 54.6 Å². The molecular formula is C21H25N3O3S2. The zero-order valence-corrected chi connectivity index (χ0v) is 17.9. The SMILES string of the molecule is CN(c1ccccc1)S(=O)(=O)c1ccc(NC(=S)NC(=O)CC2CCCC2)cc1. The first-order valence-corrected chi connectivity index (χ1v) is 11.5. The summed E-state index contributed by atoms with van der Waals surface area (Å²) in [7, 11) is -2.15. The number of carbonyl (C=O) groups is 1. The van der Waals surface area contributed by atoms with Gasteiger partial charge in [-0.2, -0.15) is 0 Å². The highest BCUT2D eigenvalue weighted by atomic mass is 32.2. The zero-order valence-electron chi connectivity index (χ0n) is 16.3. The van der Waals surface area contributed by atoms with Gasteiger partial charge in [0.15, 0.2) is 5.11 Å². The van der Waals surface area contributed by atoms with E-state index in [1.165, 1.54) is 36.3 Å². The number of para-hydroxylation sites is 1. The summed E-state index contributed by atoms with van der Waals surface area (Å²) in [5, 5.41) is 5.84. The molecule has 29 heavy (non-hydrogen) atoms. The summed E-state index contributed by atoms with van der Waals surface area (Å²) in [4.78, 5) is 12.2. The first-order valence-electron chi connectivity index (χ1n) is 9.61. The third-order valence-corrected chi connectivity index (χ3v) is 7.10. The third kappa shape index (κ3) is 5.55. The summed E-state index contributed by atoms with van der Waals surface area (Å²) in [6.07, 6.45) is 5.07. The van der Waals surface area contributed by atoms with Crippen LogP contribution in [0.15, 0.2) is 59.5 Å². The van der Waals surface area contributed by atoms with Crippen LogP contribution in [0.5, 0.6) is 0 Å². The molecule has 0 saturated heterocycles.